The third-order valence-electron chi connectivity index (χ3n) is 3.85. The zero-order valence-corrected chi connectivity index (χ0v) is 12.0. The molecule has 1 aliphatic rings. The van der Waals surface area contributed by atoms with Crippen molar-refractivity contribution < 1.29 is 9.90 Å². The highest BCUT2D eigenvalue weighted by atomic mass is 16.3. The van der Waals surface area contributed by atoms with Crippen LogP contribution >= 0.6 is 0 Å². The molecule has 0 aromatic heterocycles. The predicted molar refractivity (Wildman–Crippen MR) is 83.8 cm³/mol. The number of nitrogens with zero attached hydrogens (tertiary/aromatic N) is 2. The van der Waals surface area contributed by atoms with Crippen LogP contribution in [-0.4, -0.2) is 31.2 Å². The number of anilines is 2. The second-order valence-electron chi connectivity index (χ2n) is 5.22. The molecule has 2 aromatic rings. The van der Waals surface area contributed by atoms with Gasteiger partial charge in [0, 0.05) is 31.5 Å². The minimum absolute atomic E-state index is 0.00467. The Kier molecular flexibility index (Phi) is 3.62. The summed E-state index contributed by atoms with van der Waals surface area (Å²) in [5.41, 5.74) is 3.32. The van der Waals surface area contributed by atoms with Gasteiger partial charge >= 0.3 is 0 Å². The van der Waals surface area contributed by atoms with Crippen molar-refractivity contribution in [3.63, 3.8) is 0 Å². The van der Waals surface area contributed by atoms with Gasteiger partial charge in [0.15, 0.2) is 0 Å². The van der Waals surface area contributed by atoms with Crippen molar-refractivity contribution in [2.75, 3.05) is 29.9 Å². The summed E-state index contributed by atoms with van der Waals surface area (Å²) >= 11 is 0. The Hall–Kier alpha value is -2.33. The van der Waals surface area contributed by atoms with Crippen LogP contribution < -0.4 is 9.80 Å². The van der Waals surface area contributed by atoms with Crippen molar-refractivity contribution >= 4 is 17.3 Å². The molecule has 108 valence electrons. The van der Waals surface area contributed by atoms with E-state index in [0.29, 0.717) is 12.1 Å². The van der Waals surface area contributed by atoms with E-state index in [4.69, 9.17) is 0 Å². The van der Waals surface area contributed by atoms with Crippen LogP contribution in [0.25, 0.3) is 0 Å². The van der Waals surface area contributed by atoms with Crippen LogP contribution in [0.5, 0.6) is 0 Å². The number of carbonyl (C=O) groups excluding carboxylic acids is 1. The Bertz CT molecular complexity index is 669. The summed E-state index contributed by atoms with van der Waals surface area (Å²) in [4.78, 5) is 16.7. The molecular formula is C17H18N2O2. The molecule has 0 spiro atoms. The summed E-state index contributed by atoms with van der Waals surface area (Å²) in [6.07, 6.45) is 0. The van der Waals surface area contributed by atoms with Crippen LogP contribution in [-0.2, 0) is 6.61 Å². The van der Waals surface area contributed by atoms with Crippen LogP contribution in [0.3, 0.4) is 0 Å². The Balaban J connectivity index is 2.03. The summed E-state index contributed by atoms with van der Waals surface area (Å²) < 4.78 is 0. The molecule has 4 heteroatoms. The number of aliphatic hydroxyl groups excluding tert-OH is 1. The standard InChI is InChI=1S/C17H18N2O2/c1-18-9-10-19(14-6-4-5-13(11-14)12-20)17(21)15-7-2-3-8-16(15)18/h2-8,11,20H,9-10,12H2,1H3. The molecule has 3 rings (SSSR count). The number of rotatable bonds is 2. The van der Waals surface area contributed by atoms with Gasteiger partial charge < -0.3 is 14.9 Å². The smallest absolute Gasteiger partial charge is 0.260 e. The first kappa shape index (κ1) is 13.6. The molecule has 0 fully saturated rings. The van der Waals surface area contributed by atoms with Crippen LogP contribution in [0.15, 0.2) is 48.5 Å². The maximum absolute atomic E-state index is 12.8. The van der Waals surface area contributed by atoms with E-state index >= 15 is 0 Å². The molecule has 1 N–H and O–H groups in total. The third kappa shape index (κ3) is 2.50. The van der Waals surface area contributed by atoms with Gasteiger partial charge in [0.2, 0.25) is 0 Å². The monoisotopic (exact) mass is 282 g/mol. The van der Waals surface area contributed by atoms with Gasteiger partial charge in [-0.3, -0.25) is 4.79 Å². The summed E-state index contributed by atoms with van der Waals surface area (Å²) in [7, 11) is 2.00. The average molecular weight is 282 g/mol. The van der Waals surface area contributed by atoms with Crippen LogP contribution in [0.2, 0.25) is 0 Å². The Morgan fingerprint density at radius 3 is 2.71 bits per heavy atom. The molecule has 0 saturated heterocycles. The second kappa shape index (κ2) is 5.58. The van der Waals surface area contributed by atoms with Gasteiger partial charge in [-0.05, 0) is 29.8 Å². The molecule has 2 aromatic carbocycles. The van der Waals surface area contributed by atoms with Gasteiger partial charge in [-0.15, -0.1) is 0 Å². The molecule has 4 nitrogen and oxygen atoms in total. The number of hydrogen-bond acceptors (Lipinski definition) is 3. The van der Waals surface area contributed by atoms with Crippen molar-refractivity contribution in [3.05, 3.63) is 59.7 Å². The van der Waals surface area contributed by atoms with Gasteiger partial charge in [-0.1, -0.05) is 24.3 Å². The largest absolute Gasteiger partial charge is 0.392 e. The molecule has 1 heterocycles. The number of fused-ring (bicyclic) bond motifs is 1. The lowest BCUT2D eigenvalue weighted by Crippen LogP contribution is -2.33. The molecule has 0 atom stereocenters. The number of hydrogen-bond donors (Lipinski definition) is 1. The van der Waals surface area contributed by atoms with Crippen molar-refractivity contribution in [2.45, 2.75) is 6.61 Å². The van der Waals surface area contributed by atoms with Crippen LogP contribution in [0.4, 0.5) is 11.4 Å². The summed E-state index contributed by atoms with van der Waals surface area (Å²) in [5, 5.41) is 9.27. The Morgan fingerprint density at radius 1 is 1.10 bits per heavy atom. The highest BCUT2D eigenvalue weighted by molar-refractivity contribution is 6.10. The Labute approximate surface area is 124 Å². The third-order valence-corrected chi connectivity index (χ3v) is 3.85. The van der Waals surface area contributed by atoms with E-state index < -0.39 is 0 Å². The number of para-hydroxylation sites is 1. The van der Waals surface area contributed by atoms with E-state index in [1.54, 1.807) is 4.90 Å². The topological polar surface area (TPSA) is 43.8 Å². The number of aliphatic hydroxyl groups is 1. The van der Waals surface area contributed by atoms with Crippen molar-refractivity contribution in [2.24, 2.45) is 0 Å². The van der Waals surface area contributed by atoms with Crippen LogP contribution in [0, 0.1) is 0 Å². The fourth-order valence-corrected chi connectivity index (χ4v) is 2.67. The molecule has 0 unspecified atom stereocenters. The molecule has 0 saturated carbocycles. The number of benzene rings is 2. The highest BCUT2D eigenvalue weighted by Crippen LogP contribution is 2.27. The minimum Gasteiger partial charge on any atom is -0.392 e. The summed E-state index contributed by atoms with van der Waals surface area (Å²) in [6.45, 7) is 1.37. The van der Waals surface area contributed by atoms with E-state index in [1.165, 1.54) is 0 Å². The zero-order chi connectivity index (χ0) is 14.8. The lowest BCUT2D eigenvalue weighted by molar-refractivity contribution is 0.0990. The zero-order valence-electron chi connectivity index (χ0n) is 12.0. The molecular weight excluding hydrogens is 264 g/mol. The lowest BCUT2D eigenvalue weighted by atomic mass is 10.1. The molecule has 0 bridgehead atoms. The highest BCUT2D eigenvalue weighted by Gasteiger charge is 2.25. The maximum Gasteiger partial charge on any atom is 0.260 e. The van der Waals surface area contributed by atoms with Crippen molar-refractivity contribution in [3.8, 4) is 0 Å². The fraction of sp³-hybridized carbons (Fsp3) is 0.235. The first-order valence-electron chi connectivity index (χ1n) is 7.02. The van der Waals surface area contributed by atoms with Crippen LogP contribution in [0.1, 0.15) is 15.9 Å². The molecule has 21 heavy (non-hydrogen) atoms. The van der Waals surface area contributed by atoms with E-state index in [2.05, 4.69) is 4.90 Å². The number of amides is 1. The second-order valence-corrected chi connectivity index (χ2v) is 5.22. The molecule has 0 radical (unpaired) electrons. The quantitative estimate of drug-likeness (QED) is 0.919. The van der Waals surface area contributed by atoms with Gasteiger partial charge in [0.25, 0.3) is 5.91 Å². The average Bonchev–Trinajstić information content (AvgIpc) is 2.66. The fourth-order valence-electron chi connectivity index (χ4n) is 2.67. The first-order valence-corrected chi connectivity index (χ1v) is 7.02. The molecule has 1 amide bonds. The van der Waals surface area contributed by atoms with Gasteiger partial charge in [0.05, 0.1) is 12.2 Å². The summed E-state index contributed by atoms with van der Waals surface area (Å²) in [5.74, 6) is 0.00467. The van der Waals surface area contributed by atoms with Crippen molar-refractivity contribution in [1.82, 2.24) is 0 Å². The van der Waals surface area contributed by atoms with E-state index in [1.807, 2.05) is 55.6 Å². The van der Waals surface area contributed by atoms with Gasteiger partial charge in [-0.25, -0.2) is 0 Å². The lowest BCUT2D eigenvalue weighted by Gasteiger charge is -2.21. The first-order chi connectivity index (χ1) is 10.2. The number of carbonyl (C=O) groups is 1. The van der Waals surface area contributed by atoms with Gasteiger partial charge in [-0.2, -0.15) is 0 Å². The predicted octanol–water partition coefficient (Wildman–Crippen LogP) is 2.28. The van der Waals surface area contributed by atoms with E-state index in [-0.39, 0.29) is 12.5 Å². The van der Waals surface area contributed by atoms with Gasteiger partial charge in [0.1, 0.15) is 0 Å². The molecule has 0 aliphatic carbocycles. The minimum atomic E-state index is -0.0215. The SMILES string of the molecule is CN1CCN(c2cccc(CO)c2)C(=O)c2ccccc21. The van der Waals surface area contributed by atoms with E-state index in [0.717, 1.165) is 23.5 Å². The van der Waals surface area contributed by atoms with E-state index in [9.17, 15) is 9.90 Å². The normalized spacial score (nSPS) is 14.9. The summed E-state index contributed by atoms with van der Waals surface area (Å²) in [6, 6.07) is 15.2. The van der Waals surface area contributed by atoms with Crippen molar-refractivity contribution in [1.29, 1.82) is 0 Å². The number of likely N-dealkylation sites (N-methyl/N-ethyl adjacent to an activating group) is 1. The molecule has 1 aliphatic heterocycles. The Morgan fingerprint density at radius 2 is 1.90 bits per heavy atom. The maximum atomic E-state index is 12.8.